The van der Waals surface area contributed by atoms with E-state index < -0.39 is 0 Å². The first-order chi connectivity index (χ1) is 8.38. The Balaban J connectivity index is 1.62. The van der Waals surface area contributed by atoms with Crippen LogP contribution in [0.2, 0.25) is 0 Å². The maximum absolute atomic E-state index is 8.89. The standard InChI is InChI=1S/C13H19NO3/c14-7-6-9-10-4-5-11(16-10)13(9)17-12-3-1-2-8-15-12/h9-13H,1-6,8H2/t9-,10+,11-,12?,13-/m1/s1. The van der Waals surface area contributed by atoms with Crippen molar-refractivity contribution in [1.82, 2.24) is 0 Å². The quantitative estimate of drug-likeness (QED) is 0.753. The fourth-order valence-electron chi connectivity index (χ4n) is 3.27. The number of ether oxygens (including phenoxy) is 3. The SMILES string of the molecule is N#CC[C@H]1[C@@H](OC2CCCCO2)[C@H]2CC[C@@H]1O2. The molecule has 5 atom stereocenters. The van der Waals surface area contributed by atoms with Crippen LogP contribution < -0.4 is 0 Å². The smallest absolute Gasteiger partial charge is 0.158 e. The lowest BCUT2D eigenvalue weighted by Crippen LogP contribution is -2.39. The Morgan fingerprint density at radius 3 is 2.82 bits per heavy atom. The van der Waals surface area contributed by atoms with Gasteiger partial charge in [-0.1, -0.05) is 0 Å². The van der Waals surface area contributed by atoms with Crippen LogP contribution in [0.15, 0.2) is 0 Å². The third-order valence-electron chi connectivity index (χ3n) is 4.13. The van der Waals surface area contributed by atoms with E-state index >= 15 is 0 Å². The summed E-state index contributed by atoms with van der Waals surface area (Å²) >= 11 is 0. The maximum atomic E-state index is 8.89. The number of rotatable bonds is 3. The molecule has 3 saturated heterocycles. The van der Waals surface area contributed by atoms with Crippen molar-refractivity contribution >= 4 is 0 Å². The average Bonchev–Trinajstić information content (AvgIpc) is 2.94. The van der Waals surface area contributed by atoms with Gasteiger partial charge in [0.15, 0.2) is 6.29 Å². The highest BCUT2D eigenvalue weighted by Gasteiger charge is 2.50. The number of nitrogens with zero attached hydrogens (tertiary/aromatic N) is 1. The van der Waals surface area contributed by atoms with Crippen molar-refractivity contribution in [3.63, 3.8) is 0 Å². The normalized spacial score (nSPS) is 44.8. The number of hydrogen-bond donors (Lipinski definition) is 0. The first-order valence-corrected chi connectivity index (χ1v) is 6.68. The molecule has 3 aliphatic rings. The van der Waals surface area contributed by atoms with Crippen LogP contribution in [0.1, 0.15) is 38.5 Å². The predicted octanol–water partition coefficient (Wildman–Crippen LogP) is 1.99. The van der Waals surface area contributed by atoms with Gasteiger partial charge in [0.1, 0.15) is 0 Å². The topological polar surface area (TPSA) is 51.5 Å². The number of nitriles is 1. The van der Waals surface area contributed by atoms with Gasteiger partial charge < -0.3 is 14.2 Å². The zero-order chi connectivity index (χ0) is 11.7. The summed E-state index contributed by atoms with van der Waals surface area (Å²) in [5.41, 5.74) is 0. The van der Waals surface area contributed by atoms with Crippen LogP contribution in [0.3, 0.4) is 0 Å². The Labute approximate surface area is 102 Å². The predicted molar refractivity (Wildman–Crippen MR) is 60.1 cm³/mol. The zero-order valence-corrected chi connectivity index (χ0v) is 10.0. The molecule has 4 heteroatoms. The monoisotopic (exact) mass is 237 g/mol. The lowest BCUT2D eigenvalue weighted by molar-refractivity contribution is -0.203. The highest BCUT2D eigenvalue weighted by Crippen LogP contribution is 2.43. The molecule has 0 N–H and O–H groups in total. The summed E-state index contributed by atoms with van der Waals surface area (Å²) in [6.07, 6.45) is 6.44. The van der Waals surface area contributed by atoms with Crippen molar-refractivity contribution in [1.29, 1.82) is 5.26 Å². The molecule has 4 nitrogen and oxygen atoms in total. The summed E-state index contributed by atoms with van der Waals surface area (Å²) in [6, 6.07) is 2.26. The molecule has 0 saturated carbocycles. The van der Waals surface area contributed by atoms with Gasteiger partial charge in [0.05, 0.1) is 24.4 Å². The lowest BCUT2D eigenvalue weighted by Gasteiger charge is -2.32. The van der Waals surface area contributed by atoms with E-state index in [1.54, 1.807) is 0 Å². The minimum atomic E-state index is -0.0714. The van der Waals surface area contributed by atoms with Gasteiger partial charge in [0.2, 0.25) is 0 Å². The van der Waals surface area contributed by atoms with E-state index in [-0.39, 0.29) is 30.5 Å². The van der Waals surface area contributed by atoms with Crippen LogP contribution in [0.4, 0.5) is 0 Å². The molecule has 0 radical (unpaired) electrons. The largest absolute Gasteiger partial charge is 0.372 e. The molecule has 3 heterocycles. The van der Waals surface area contributed by atoms with Crippen molar-refractivity contribution in [2.75, 3.05) is 6.61 Å². The van der Waals surface area contributed by atoms with Gasteiger partial charge in [0.25, 0.3) is 0 Å². The first-order valence-electron chi connectivity index (χ1n) is 6.68. The second-order valence-corrected chi connectivity index (χ2v) is 5.21. The third kappa shape index (κ3) is 2.20. The maximum Gasteiger partial charge on any atom is 0.158 e. The summed E-state index contributed by atoms with van der Waals surface area (Å²) in [4.78, 5) is 0. The summed E-state index contributed by atoms with van der Waals surface area (Å²) in [7, 11) is 0. The molecule has 0 aromatic heterocycles. The van der Waals surface area contributed by atoms with Crippen molar-refractivity contribution in [2.24, 2.45) is 5.92 Å². The molecular weight excluding hydrogens is 218 g/mol. The van der Waals surface area contributed by atoms with E-state index in [1.165, 1.54) is 6.42 Å². The van der Waals surface area contributed by atoms with Gasteiger partial charge in [-0.15, -0.1) is 0 Å². The second-order valence-electron chi connectivity index (χ2n) is 5.21. The van der Waals surface area contributed by atoms with E-state index in [2.05, 4.69) is 6.07 Å². The molecule has 3 fully saturated rings. The zero-order valence-electron chi connectivity index (χ0n) is 10.0. The molecule has 94 valence electrons. The van der Waals surface area contributed by atoms with Crippen LogP contribution in [-0.4, -0.2) is 31.2 Å². The molecule has 3 rings (SSSR count). The van der Waals surface area contributed by atoms with Gasteiger partial charge in [-0.2, -0.15) is 5.26 Å². The third-order valence-corrected chi connectivity index (χ3v) is 4.13. The molecule has 1 unspecified atom stereocenters. The summed E-state index contributed by atoms with van der Waals surface area (Å²) in [5, 5.41) is 8.89. The molecule has 0 aromatic rings. The fourth-order valence-corrected chi connectivity index (χ4v) is 3.27. The Kier molecular flexibility index (Phi) is 3.32. The van der Waals surface area contributed by atoms with E-state index in [4.69, 9.17) is 19.5 Å². The molecule has 0 aromatic carbocycles. The second kappa shape index (κ2) is 4.93. The van der Waals surface area contributed by atoms with Gasteiger partial charge in [-0.05, 0) is 32.1 Å². The van der Waals surface area contributed by atoms with Gasteiger partial charge in [0, 0.05) is 18.9 Å². The van der Waals surface area contributed by atoms with Gasteiger partial charge in [-0.3, -0.25) is 0 Å². The van der Waals surface area contributed by atoms with Crippen molar-refractivity contribution in [2.45, 2.75) is 63.1 Å². The summed E-state index contributed by atoms with van der Waals surface area (Å²) in [6.45, 7) is 0.801. The average molecular weight is 237 g/mol. The first kappa shape index (κ1) is 11.5. The van der Waals surface area contributed by atoms with Crippen LogP contribution in [0.5, 0.6) is 0 Å². The van der Waals surface area contributed by atoms with E-state index in [1.807, 2.05) is 0 Å². The van der Waals surface area contributed by atoms with E-state index in [0.717, 1.165) is 32.3 Å². The highest BCUT2D eigenvalue weighted by molar-refractivity contribution is 5.00. The van der Waals surface area contributed by atoms with E-state index in [9.17, 15) is 0 Å². The van der Waals surface area contributed by atoms with Crippen molar-refractivity contribution in [3.05, 3.63) is 0 Å². The molecule has 0 spiro atoms. The summed E-state index contributed by atoms with van der Waals surface area (Å²) in [5.74, 6) is 0.254. The number of fused-ring (bicyclic) bond motifs is 2. The van der Waals surface area contributed by atoms with Gasteiger partial charge >= 0.3 is 0 Å². The minimum Gasteiger partial charge on any atom is -0.372 e. The molecule has 17 heavy (non-hydrogen) atoms. The minimum absolute atomic E-state index is 0.0714. The van der Waals surface area contributed by atoms with Gasteiger partial charge in [-0.25, -0.2) is 0 Å². The molecule has 3 aliphatic heterocycles. The van der Waals surface area contributed by atoms with Crippen molar-refractivity contribution < 1.29 is 14.2 Å². The highest BCUT2D eigenvalue weighted by atomic mass is 16.7. The van der Waals surface area contributed by atoms with Crippen LogP contribution in [-0.2, 0) is 14.2 Å². The Hall–Kier alpha value is -0.630. The fraction of sp³-hybridized carbons (Fsp3) is 0.923. The Bertz CT molecular complexity index is 308. The van der Waals surface area contributed by atoms with Crippen LogP contribution >= 0.6 is 0 Å². The molecule has 0 aliphatic carbocycles. The molecule has 2 bridgehead atoms. The summed E-state index contributed by atoms with van der Waals surface area (Å²) < 4.78 is 17.5. The number of hydrogen-bond acceptors (Lipinski definition) is 4. The Morgan fingerprint density at radius 2 is 2.06 bits per heavy atom. The van der Waals surface area contributed by atoms with Crippen LogP contribution in [0.25, 0.3) is 0 Å². The van der Waals surface area contributed by atoms with Crippen LogP contribution in [0, 0.1) is 17.2 Å². The lowest BCUT2D eigenvalue weighted by atomic mass is 9.84. The molecular formula is C13H19NO3. The van der Waals surface area contributed by atoms with Crippen molar-refractivity contribution in [3.8, 4) is 6.07 Å². The molecule has 0 amide bonds. The van der Waals surface area contributed by atoms with E-state index in [0.29, 0.717) is 6.42 Å². The Morgan fingerprint density at radius 1 is 1.18 bits per heavy atom.